The van der Waals surface area contributed by atoms with Crippen LogP contribution in [0.25, 0.3) is 10.1 Å². The van der Waals surface area contributed by atoms with Gasteiger partial charge in [0.25, 0.3) is 0 Å². The molecule has 0 bridgehead atoms. The molecule has 1 unspecified atom stereocenters. The van der Waals surface area contributed by atoms with Gasteiger partial charge in [-0.3, -0.25) is 0 Å². The van der Waals surface area contributed by atoms with E-state index in [9.17, 15) is 0 Å². The fraction of sp³-hybridized carbons (Fsp3) is 0.222. The van der Waals surface area contributed by atoms with Crippen LogP contribution >= 0.6 is 11.3 Å². The lowest BCUT2D eigenvalue weighted by Gasteiger charge is -2.16. The topological polar surface area (TPSA) is 35.2 Å². The van der Waals surface area contributed by atoms with Crippen LogP contribution in [0.4, 0.5) is 0 Å². The Morgan fingerprint density at radius 3 is 2.43 bits per heavy atom. The van der Waals surface area contributed by atoms with Gasteiger partial charge in [-0.1, -0.05) is 30.3 Å². The second-order valence-corrected chi connectivity index (χ2v) is 6.26. The third-order valence-corrected chi connectivity index (χ3v) is 4.87. The van der Waals surface area contributed by atoms with E-state index in [0.29, 0.717) is 0 Å². The zero-order valence-electron chi connectivity index (χ0n) is 12.5. The van der Waals surface area contributed by atoms with Crippen LogP contribution in [-0.4, -0.2) is 7.11 Å². The Balaban J connectivity index is 2.08. The molecule has 2 N–H and O–H groups in total. The number of hydrogen-bond donors (Lipinski definition) is 1. The molecule has 2 nitrogen and oxygen atoms in total. The molecule has 0 amide bonds. The molecule has 0 fully saturated rings. The van der Waals surface area contributed by atoms with Crippen molar-refractivity contribution >= 4 is 21.4 Å². The molecule has 108 valence electrons. The molecule has 1 atom stereocenters. The highest BCUT2D eigenvalue weighted by molar-refractivity contribution is 7.17. The van der Waals surface area contributed by atoms with Crippen molar-refractivity contribution in [1.29, 1.82) is 0 Å². The number of ether oxygens (including phenoxy) is 1. The molecule has 21 heavy (non-hydrogen) atoms. The summed E-state index contributed by atoms with van der Waals surface area (Å²) in [6.45, 7) is 4.13. The largest absolute Gasteiger partial charge is 0.496 e. The number of thiophene rings is 1. The van der Waals surface area contributed by atoms with E-state index >= 15 is 0 Å². The van der Waals surface area contributed by atoms with E-state index in [-0.39, 0.29) is 6.04 Å². The van der Waals surface area contributed by atoms with Gasteiger partial charge in [-0.25, -0.2) is 0 Å². The lowest BCUT2D eigenvalue weighted by molar-refractivity contribution is 0.408. The van der Waals surface area contributed by atoms with Crippen LogP contribution in [-0.2, 0) is 0 Å². The van der Waals surface area contributed by atoms with E-state index in [2.05, 4.69) is 55.6 Å². The van der Waals surface area contributed by atoms with Crippen molar-refractivity contribution in [2.45, 2.75) is 19.9 Å². The molecule has 2 aromatic carbocycles. The molecular weight excluding hydrogens is 278 g/mol. The number of nitrogens with two attached hydrogens (primary N) is 1. The van der Waals surface area contributed by atoms with Crippen LogP contribution in [0.1, 0.15) is 28.3 Å². The normalized spacial score (nSPS) is 12.6. The molecule has 1 heterocycles. The first-order chi connectivity index (χ1) is 10.1. The van der Waals surface area contributed by atoms with Crippen molar-refractivity contribution < 1.29 is 4.74 Å². The monoisotopic (exact) mass is 297 g/mol. The van der Waals surface area contributed by atoms with Crippen molar-refractivity contribution in [3.05, 3.63) is 64.0 Å². The molecule has 0 radical (unpaired) electrons. The Morgan fingerprint density at radius 2 is 1.76 bits per heavy atom. The average molecular weight is 297 g/mol. The highest BCUT2D eigenvalue weighted by Crippen LogP contribution is 2.34. The van der Waals surface area contributed by atoms with Gasteiger partial charge in [0.15, 0.2) is 0 Å². The third kappa shape index (κ3) is 2.43. The number of benzene rings is 2. The maximum atomic E-state index is 6.52. The van der Waals surface area contributed by atoms with Gasteiger partial charge in [-0.2, -0.15) is 0 Å². The van der Waals surface area contributed by atoms with Crippen molar-refractivity contribution in [3.63, 3.8) is 0 Å². The first-order valence-corrected chi connectivity index (χ1v) is 7.86. The smallest absolute Gasteiger partial charge is 0.124 e. The van der Waals surface area contributed by atoms with Crippen molar-refractivity contribution in [2.75, 3.05) is 7.11 Å². The first-order valence-electron chi connectivity index (χ1n) is 6.98. The molecule has 0 saturated heterocycles. The Morgan fingerprint density at radius 1 is 1.10 bits per heavy atom. The first kappa shape index (κ1) is 14.1. The van der Waals surface area contributed by atoms with Gasteiger partial charge >= 0.3 is 0 Å². The second-order valence-electron chi connectivity index (χ2n) is 5.35. The Bertz CT molecular complexity index is 768. The molecule has 0 spiro atoms. The molecule has 0 aliphatic rings. The number of hydrogen-bond acceptors (Lipinski definition) is 3. The Labute approximate surface area is 129 Å². The van der Waals surface area contributed by atoms with Crippen LogP contribution in [0.15, 0.2) is 41.8 Å². The fourth-order valence-corrected chi connectivity index (χ4v) is 3.90. The van der Waals surface area contributed by atoms with Crippen LogP contribution in [0.2, 0.25) is 0 Å². The predicted octanol–water partition coefficient (Wildman–Crippen LogP) is 4.57. The predicted molar refractivity (Wildman–Crippen MR) is 90.3 cm³/mol. The SMILES string of the molecule is COc1c(C)cc(C(N)c2csc3ccccc23)cc1C. The summed E-state index contributed by atoms with van der Waals surface area (Å²) in [7, 11) is 1.71. The highest BCUT2D eigenvalue weighted by atomic mass is 32.1. The molecular formula is C18H19NOS. The van der Waals surface area contributed by atoms with E-state index in [0.717, 1.165) is 22.4 Å². The molecule has 3 rings (SSSR count). The molecule has 0 aliphatic carbocycles. The molecule has 3 heteroatoms. The molecule has 0 aliphatic heterocycles. The van der Waals surface area contributed by atoms with Crippen LogP contribution in [0.5, 0.6) is 5.75 Å². The van der Waals surface area contributed by atoms with Gasteiger partial charge in [0.05, 0.1) is 13.2 Å². The van der Waals surface area contributed by atoms with Crippen LogP contribution in [0, 0.1) is 13.8 Å². The second kappa shape index (κ2) is 5.51. The van der Waals surface area contributed by atoms with E-state index < -0.39 is 0 Å². The Kier molecular flexibility index (Phi) is 3.70. The maximum absolute atomic E-state index is 6.52. The lowest BCUT2D eigenvalue weighted by atomic mass is 9.95. The summed E-state index contributed by atoms with van der Waals surface area (Å²) in [5, 5.41) is 3.42. The quantitative estimate of drug-likeness (QED) is 0.768. The van der Waals surface area contributed by atoms with E-state index in [1.807, 2.05) is 0 Å². The van der Waals surface area contributed by atoms with Gasteiger partial charge in [0.2, 0.25) is 0 Å². The van der Waals surface area contributed by atoms with E-state index in [4.69, 9.17) is 10.5 Å². The van der Waals surface area contributed by atoms with Gasteiger partial charge in [0.1, 0.15) is 5.75 Å². The minimum absolute atomic E-state index is 0.107. The summed E-state index contributed by atoms with van der Waals surface area (Å²) in [4.78, 5) is 0. The van der Waals surface area contributed by atoms with Crippen molar-refractivity contribution in [3.8, 4) is 5.75 Å². The van der Waals surface area contributed by atoms with Crippen molar-refractivity contribution in [2.24, 2.45) is 5.73 Å². The van der Waals surface area contributed by atoms with Crippen LogP contribution in [0.3, 0.4) is 0 Å². The summed E-state index contributed by atoms with van der Waals surface area (Å²) in [6.07, 6.45) is 0. The summed E-state index contributed by atoms with van der Waals surface area (Å²) < 4.78 is 6.71. The zero-order chi connectivity index (χ0) is 15.0. The highest BCUT2D eigenvalue weighted by Gasteiger charge is 2.16. The average Bonchev–Trinajstić information content (AvgIpc) is 2.90. The number of methoxy groups -OCH3 is 1. The lowest BCUT2D eigenvalue weighted by Crippen LogP contribution is -2.12. The molecule has 3 aromatic rings. The van der Waals surface area contributed by atoms with Gasteiger partial charge < -0.3 is 10.5 Å². The summed E-state index contributed by atoms with van der Waals surface area (Å²) in [5.74, 6) is 0.945. The van der Waals surface area contributed by atoms with Gasteiger partial charge in [-0.15, -0.1) is 11.3 Å². The number of fused-ring (bicyclic) bond motifs is 1. The van der Waals surface area contributed by atoms with Crippen LogP contribution < -0.4 is 10.5 Å². The summed E-state index contributed by atoms with van der Waals surface area (Å²) in [6, 6.07) is 12.6. The standard InChI is InChI=1S/C18H19NOS/c1-11-8-13(9-12(2)18(11)20-3)17(19)15-10-21-16-7-5-4-6-14(15)16/h4-10,17H,19H2,1-3H3. The number of rotatable bonds is 3. The Hall–Kier alpha value is -1.84. The third-order valence-electron chi connectivity index (χ3n) is 3.89. The van der Waals surface area contributed by atoms with E-state index in [1.54, 1.807) is 18.4 Å². The number of aryl methyl sites for hydroxylation is 2. The summed E-state index contributed by atoms with van der Waals surface area (Å²) >= 11 is 1.75. The summed E-state index contributed by atoms with van der Waals surface area (Å²) in [5.41, 5.74) is 11.1. The van der Waals surface area contributed by atoms with Gasteiger partial charge in [0, 0.05) is 4.70 Å². The zero-order valence-corrected chi connectivity index (χ0v) is 13.3. The minimum Gasteiger partial charge on any atom is -0.496 e. The van der Waals surface area contributed by atoms with Gasteiger partial charge in [-0.05, 0) is 52.9 Å². The molecule has 0 saturated carbocycles. The molecule has 1 aromatic heterocycles. The maximum Gasteiger partial charge on any atom is 0.124 e. The van der Waals surface area contributed by atoms with Crippen molar-refractivity contribution in [1.82, 2.24) is 0 Å². The fourth-order valence-electron chi connectivity index (χ4n) is 2.90. The minimum atomic E-state index is -0.107. The van der Waals surface area contributed by atoms with E-state index in [1.165, 1.54) is 15.6 Å².